The third-order valence-electron chi connectivity index (χ3n) is 2.86. The van der Waals surface area contributed by atoms with Crippen LogP contribution in [0, 0.1) is 0 Å². The minimum atomic E-state index is -0.0806. The van der Waals surface area contributed by atoms with Crippen LogP contribution in [-0.2, 0) is 0 Å². The van der Waals surface area contributed by atoms with E-state index in [2.05, 4.69) is 15.1 Å². The van der Waals surface area contributed by atoms with E-state index in [1.54, 1.807) is 0 Å². The van der Waals surface area contributed by atoms with Crippen molar-refractivity contribution in [1.82, 2.24) is 15.1 Å². The van der Waals surface area contributed by atoms with Crippen LogP contribution < -0.4 is 5.32 Å². The molecular weight excluding hydrogens is 166 g/mol. The summed E-state index contributed by atoms with van der Waals surface area (Å²) in [4.78, 5) is 4.80. The first-order valence-electron chi connectivity index (χ1n) is 5.18. The minimum absolute atomic E-state index is 0.0806. The Balaban J connectivity index is 1.71. The maximum atomic E-state index is 9.36. The predicted octanol–water partition coefficient (Wildman–Crippen LogP) is -1.08. The molecule has 76 valence electrons. The molecule has 0 unspecified atom stereocenters. The first-order valence-corrected chi connectivity index (χ1v) is 5.18. The molecule has 13 heavy (non-hydrogen) atoms. The van der Waals surface area contributed by atoms with Gasteiger partial charge in [0, 0.05) is 39.3 Å². The van der Waals surface area contributed by atoms with Crippen molar-refractivity contribution >= 4 is 0 Å². The van der Waals surface area contributed by atoms with Gasteiger partial charge in [0.15, 0.2) is 0 Å². The summed E-state index contributed by atoms with van der Waals surface area (Å²) in [6, 6.07) is 0. The Labute approximate surface area is 79.5 Å². The lowest BCUT2D eigenvalue weighted by molar-refractivity contribution is 0.118. The van der Waals surface area contributed by atoms with E-state index in [0.717, 1.165) is 52.4 Å². The van der Waals surface area contributed by atoms with Crippen LogP contribution in [0.2, 0.25) is 0 Å². The largest absolute Gasteiger partial charge is 0.392 e. The van der Waals surface area contributed by atoms with Crippen LogP contribution >= 0.6 is 0 Å². The van der Waals surface area contributed by atoms with Gasteiger partial charge in [0.1, 0.15) is 0 Å². The smallest absolute Gasteiger partial charge is 0.0679 e. The standard InChI is InChI=1S/C9H19N3O/c13-9-1-4-12(7-9)8-11-5-2-10-3-6-11/h9-10,13H,1-8H2/t9-/m0/s1. The van der Waals surface area contributed by atoms with Gasteiger partial charge in [-0.2, -0.15) is 0 Å². The number of piperazine rings is 1. The SMILES string of the molecule is O[C@H]1CCN(CN2CCNCC2)C1. The van der Waals surface area contributed by atoms with Crippen molar-refractivity contribution < 1.29 is 5.11 Å². The normalized spacial score (nSPS) is 32.5. The number of aliphatic hydroxyl groups excluding tert-OH is 1. The van der Waals surface area contributed by atoms with Gasteiger partial charge in [0.05, 0.1) is 12.8 Å². The van der Waals surface area contributed by atoms with Crippen molar-refractivity contribution in [3.8, 4) is 0 Å². The molecule has 0 saturated carbocycles. The average Bonchev–Trinajstić information content (AvgIpc) is 2.53. The molecule has 2 aliphatic rings. The summed E-state index contributed by atoms with van der Waals surface area (Å²) in [6.07, 6.45) is 0.870. The summed E-state index contributed by atoms with van der Waals surface area (Å²) in [5.41, 5.74) is 0. The Hall–Kier alpha value is -0.160. The Morgan fingerprint density at radius 2 is 1.92 bits per heavy atom. The highest BCUT2D eigenvalue weighted by molar-refractivity contribution is 4.76. The molecule has 2 aliphatic heterocycles. The van der Waals surface area contributed by atoms with Gasteiger partial charge in [0.2, 0.25) is 0 Å². The lowest BCUT2D eigenvalue weighted by atomic mass is 10.3. The molecule has 0 spiro atoms. The molecule has 1 atom stereocenters. The second-order valence-corrected chi connectivity index (χ2v) is 4.03. The highest BCUT2D eigenvalue weighted by Gasteiger charge is 2.22. The average molecular weight is 185 g/mol. The van der Waals surface area contributed by atoms with Gasteiger partial charge < -0.3 is 10.4 Å². The van der Waals surface area contributed by atoms with Crippen molar-refractivity contribution in [2.24, 2.45) is 0 Å². The van der Waals surface area contributed by atoms with Gasteiger partial charge in [-0.05, 0) is 6.42 Å². The van der Waals surface area contributed by atoms with E-state index >= 15 is 0 Å². The molecule has 0 bridgehead atoms. The highest BCUT2D eigenvalue weighted by atomic mass is 16.3. The number of hydrogen-bond donors (Lipinski definition) is 2. The van der Waals surface area contributed by atoms with Crippen molar-refractivity contribution in [2.75, 3.05) is 45.9 Å². The second kappa shape index (κ2) is 4.37. The molecule has 0 radical (unpaired) electrons. The molecule has 0 aromatic carbocycles. The van der Waals surface area contributed by atoms with Gasteiger partial charge in [-0.1, -0.05) is 0 Å². The number of hydrogen-bond acceptors (Lipinski definition) is 4. The Bertz CT molecular complexity index is 156. The van der Waals surface area contributed by atoms with Crippen molar-refractivity contribution in [2.45, 2.75) is 12.5 Å². The Morgan fingerprint density at radius 3 is 2.54 bits per heavy atom. The highest BCUT2D eigenvalue weighted by Crippen LogP contribution is 2.09. The zero-order chi connectivity index (χ0) is 9.10. The fourth-order valence-corrected chi connectivity index (χ4v) is 2.08. The van der Waals surface area contributed by atoms with Crippen LogP contribution in [0.5, 0.6) is 0 Å². The molecule has 2 fully saturated rings. The van der Waals surface area contributed by atoms with E-state index < -0.39 is 0 Å². The van der Waals surface area contributed by atoms with Crippen LogP contribution in [0.3, 0.4) is 0 Å². The van der Waals surface area contributed by atoms with Gasteiger partial charge >= 0.3 is 0 Å². The van der Waals surface area contributed by atoms with E-state index in [1.807, 2.05) is 0 Å². The van der Waals surface area contributed by atoms with Crippen molar-refractivity contribution in [3.05, 3.63) is 0 Å². The lowest BCUT2D eigenvalue weighted by Gasteiger charge is -2.30. The monoisotopic (exact) mass is 185 g/mol. The predicted molar refractivity (Wildman–Crippen MR) is 51.5 cm³/mol. The molecule has 2 rings (SSSR count). The van der Waals surface area contributed by atoms with Crippen LogP contribution in [0.25, 0.3) is 0 Å². The molecule has 4 nitrogen and oxygen atoms in total. The van der Waals surface area contributed by atoms with Gasteiger partial charge in [-0.25, -0.2) is 0 Å². The fourth-order valence-electron chi connectivity index (χ4n) is 2.08. The van der Waals surface area contributed by atoms with E-state index in [4.69, 9.17) is 0 Å². The second-order valence-electron chi connectivity index (χ2n) is 4.03. The van der Waals surface area contributed by atoms with Crippen molar-refractivity contribution in [3.63, 3.8) is 0 Å². The lowest BCUT2D eigenvalue weighted by Crippen LogP contribution is -2.47. The maximum absolute atomic E-state index is 9.36. The number of nitrogens with one attached hydrogen (secondary N) is 1. The van der Waals surface area contributed by atoms with E-state index in [-0.39, 0.29) is 6.10 Å². The number of nitrogens with zero attached hydrogens (tertiary/aromatic N) is 2. The van der Waals surface area contributed by atoms with Gasteiger partial charge in [-0.3, -0.25) is 9.80 Å². The number of likely N-dealkylation sites (tertiary alicyclic amines) is 1. The molecular formula is C9H19N3O. The molecule has 0 amide bonds. The molecule has 2 saturated heterocycles. The molecule has 4 heteroatoms. The quantitative estimate of drug-likeness (QED) is 0.574. The number of aliphatic hydroxyl groups is 1. The molecule has 2 N–H and O–H groups in total. The van der Waals surface area contributed by atoms with Gasteiger partial charge in [-0.15, -0.1) is 0 Å². The van der Waals surface area contributed by atoms with Crippen LogP contribution in [-0.4, -0.2) is 66.9 Å². The topological polar surface area (TPSA) is 38.7 Å². The maximum Gasteiger partial charge on any atom is 0.0679 e. The van der Waals surface area contributed by atoms with Crippen LogP contribution in [0.4, 0.5) is 0 Å². The fraction of sp³-hybridized carbons (Fsp3) is 1.00. The molecule has 0 aliphatic carbocycles. The zero-order valence-electron chi connectivity index (χ0n) is 8.08. The summed E-state index contributed by atoms with van der Waals surface area (Å²) in [5.74, 6) is 0. The van der Waals surface area contributed by atoms with Crippen LogP contribution in [0.1, 0.15) is 6.42 Å². The summed E-state index contributed by atoms with van der Waals surface area (Å²) in [7, 11) is 0. The van der Waals surface area contributed by atoms with E-state index in [9.17, 15) is 5.11 Å². The minimum Gasteiger partial charge on any atom is -0.392 e. The van der Waals surface area contributed by atoms with E-state index in [0.29, 0.717) is 0 Å². The summed E-state index contributed by atoms with van der Waals surface area (Å²) in [5, 5.41) is 12.7. The Morgan fingerprint density at radius 1 is 1.15 bits per heavy atom. The summed E-state index contributed by atoms with van der Waals surface area (Å²) < 4.78 is 0. The zero-order valence-corrected chi connectivity index (χ0v) is 8.08. The first kappa shape index (κ1) is 9.40. The molecule has 0 aromatic heterocycles. The Kier molecular flexibility index (Phi) is 3.16. The van der Waals surface area contributed by atoms with Crippen molar-refractivity contribution in [1.29, 1.82) is 0 Å². The van der Waals surface area contributed by atoms with Crippen LogP contribution in [0.15, 0.2) is 0 Å². The molecule has 2 heterocycles. The third kappa shape index (κ3) is 2.64. The van der Waals surface area contributed by atoms with Gasteiger partial charge in [0.25, 0.3) is 0 Å². The summed E-state index contributed by atoms with van der Waals surface area (Å²) in [6.45, 7) is 7.47. The number of β-amino-alcohol motifs (C(OH)–C–C–N with tert-alkyl or cyclic N) is 1. The summed E-state index contributed by atoms with van der Waals surface area (Å²) >= 11 is 0. The third-order valence-corrected chi connectivity index (χ3v) is 2.86. The van der Waals surface area contributed by atoms with E-state index in [1.165, 1.54) is 0 Å². The first-order chi connectivity index (χ1) is 6.34. The molecule has 0 aromatic rings. The number of rotatable bonds is 2.